The van der Waals surface area contributed by atoms with Crippen LogP contribution in [0.5, 0.6) is 0 Å². The van der Waals surface area contributed by atoms with Crippen LogP contribution in [-0.2, 0) is 9.53 Å². The highest BCUT2D eigenvalue weighted by Crippen LogP contribution is 2.15. The van der Waals surface area contributed by atoms with Gasteiger partial charge in [-0.25, -0.2) is 14.8 Å². The molecule has 0 N–H and O–H groups in total. The van der Waals surface area contributed by atoms with E-state index >= 15 is 0 Å². The Kier molecular flexibility index (Phi) is 4.74. The summed E-state index contributed by atoms with van der Waals surface area (Å²) in [5.74, 6) is -0.265. The standard InChI is InChI=1S/C11H16N2O2/c1-3-5-9(10-7-12-8-13-10)11(14)15-6-4-2/h7-8H,3-6H2,1-2H3. The van der Waals surface area contributed by atoms with E-state index < -0.39 is 0 Å². The van der Waals surface area contributed by atoms with Crippen LogP contribution in [-0.4, -0.2) is 25.1 Å². The quantitative estimate of drug-likeness (QED) is 0.513. The Bertz CT molecular complexity index is 303. The van der Waals surface area contributed by atoms with Crippen molar-refractivity contribution in [3.05, 3.63) is 11.3 Å². The van der Waals surface area contributed by atoms with Gasteiger partial charge in [0.1, 0.15) is 6.34 Å². The van der Waals surface area contributed by atoms with Crippen molar-refractivity contribution in [3.63, 3.8) is 0 Å². The van der Waals surface area contributed by atoms with E-state index in [-0.39, 0.29) is 5.97 Å². The molecule has 0 aromatic rings. The fourth-order valence-corrected chi connectivity index (χ4v) is 1.26. The topological polar surface area (TPSA) is 51.0 Å². The molecule has 0 aromatic heterocycles. The molecule has 0 saturated carbocycles. The predicted octanol–water partition coefficient (Wildman–Crippen LogP) is 2.11. The lowest BCUT2D eigenvalue weighted by Gasteiger charge is -2.07. The summed E-state index contributed by atoms with van der Waals surface area (Å²) in [5.41, 5.74) is 1.27. The average molecular weight is 208 g/mol. The molecule has 0 atom stereocenters. The Hall–Kier alpha value is -1.45. The summed E-state index contributed by atoms with van der Waals surface area (Å²) >= 11 is 0. The molecule has 1 heterocycles. The first-order valence-corrected chi connectivity index (χ1v) is 5.25. The highest BCUT2D eigenvalue weighted by atomic mass is 16.5. The summed E-state index contributed by atoms with van der Waals surface area (Å²) in [5, 5.41) is 0. The van der Waals surface area contributed by atoms with E-state index in [9.17, 15) is 4.79 Å². The summed E-state index contributed by atoms with van der Waals surface area (Å²) in [4.78, 5) is 19.5. The van der Waals surface area contributed by atoms with E-state index in [4.69, 9.17) is 4.74 Å². The summed E-state index contributed by atoms with van der Waals surface area (Å²) in [6.45, 7) is 4.44. The van der Waals surface area contributed by atoms with Crippen molar-refractivity contribution in [2.45, 2.75) is 33.1 Å². The summed E-state index contributed by atoms with van der Waals surface area (Å²) in [7, 11) is 0. The van der Waals surface area contributed by atoms with Crippen LogP contribution >= 0.6 is 0 Å². The fourth-order valence-electron chi connectivity index (χ4n) is 1.26. The second-order valence-electron chi connectivity index (χ2n) is 3.27. The molecule has 15 heavy (non-hydrogen) atoms. The molecule has 0 bridgehead atoms. The third-order valence-electron chi connectivity index (χ3n) is 1.95. The maximum Gasteiger partial charge on any atom is 0.336 e. The van der Waals surface area contributed by atoms with E-state index in [1.165, 1.54) is 6.34 Å². The molecule has 0 amide bonds. The first-order chi connectivity index (χ1) is 7.29. The zero-order valence-electron chi connectivity index (χ0n) is 9.19. The second kappa shape index (κ2) is 6.11. The van der Waals surface area contributed by atoms with Crippen molar-refractivity contribution in [1.29, 1.82) is 0 Å². The molecule has 0 saturated heterocycles. The predicted molar refractivity (Wildman–Crippen MR) is 60.2 cm³/mol. The van der Waals surface area contributed by atoms with Crippen LogP contribution in [0.2, 0.25) is 0 Å². The Labute approximate surface area is 89.8 Å². The Morgan fingerprint density at radius 2 is 2.20 bits per heavy atom. The van der Waals surface area contributed by atoms with Crippen molar-refractivity contribution >= 4 is 18.5 Å². The number of ether oxygens (including phenoxy) is 1. The molecule has 0 fully saturated rings. The first kappa shape index (κ1) is 11.6. The largest absolute Gasteiger partial charge is 0.462 e. The van der Waals surface area contributed by atoms with E-state index in [2.05, 4.69) is 9.98 Å². The smallest absolute Gasteiger partial charge is 0.336 e. The molecule has 82 valence electrons. The monoisotopic (exact) mass is 208 g/mol. The van der Waals surface area contributed by atoms with Crippen LogP contribution in [0.3, 0.4) is 0 Å². The Morgan fingerprint density at radius 3 is 2.73 bits per heavy atom. The van der Waals surface area contributed by atoms with Gasteiger partial charge in [-0.05, 0) is 12.8 Å². The van der Waals surface area contributed by atoms with Crippen LogP contribution < -0.4 is 0 Å². The minimum Gasteiger partial charge on any atom is -0.462 e. The minimum atomic E-state index is -0.265. The maximum absolute atomic E-state index is 11.7. The average Bonchev–Trinajstić information content (AvgIpc) is 2.75. The molecule has 1 aliphatic heterocycles. The lowest BCUT2D eigenvalue weighted by Crippen LogP contribution is -2.10. The van der Waals surface area contributed by atoms with Gasteiger partial charge in [-0.3, -0.25) is 0 Å². The van der Waals surface area contributed by atoms with Gasteiger partial charge in [0.25, 0.3) is 0 Å². The number of nitrogens with zero attached hydrogens (tertiary/aromatic N) is 2. The van der Waals surface area contributed by atoms with E-state index in [1.54, 1.807) is 6.21 Å². The number of hydrogen-bond acceptors (Lipinski definition) is 4. The first-order valence-electron chi connectivity index (χ1n) is 5.25. The summed E-state index contributed by atoms with van der Waals surface area (Å²) in [6.07, 6.45) is 5.44. The molecule has 0 spiro atoms. The molecule has 0 unspecified atom stereocenters. The van der Waals surface area contributed by atoms with E-state index in [0.717, 1.165) is 12.8 Å². The van der Waals surface area contributed by atoms with Crippen LogP contribution in [0.15, 0.2) is 21.3 Å². The van der Waals surface area contributed by atoms with Gasteiger partial charge in [0.2, 0.25) is 0 Å². The van der Waals surface area contributed by atoms with Crippen molar-refractivity contribution in [3.8, 4) is 0 Å². The number of aliphatic imine (C=N–C) groups is 2. The molecule has 0 aliphatic carbocycles. The summed E-state index contributed by atoms with van der Waals surface area (Å²) in [6, 6.07) is 0. The zero-order valence-corrected chi connectivity index (χ0v) is 9.19. The Morgan fingerprint density at radius 1 is 1.40 bits per heavy atom. The number of carbonyl (C=O) groups excluding carboxylic acids is 1. The molecule has 1 rings (SSSR count). The SMILES string of the molecule is CCCOC(=O)C(CCC)=C1C=NC=N1. The van der Waals surface area contributed by atoms with Gasteiger partial charge in [0.15, 0.2) is 0 Å². The normalized spacial score (nSPS) is 16.9. The lowest BCUT2D eigenvalue weighted by molar-refractivity contribution is -0.139. The van der Waals surface area contributed by atoms with Gasteiger partial charge in [0.05, 0.1) is 24.1 Å². The summed E-state index contributed by atoms with van der Waals surface area (Å²) < 4.78 is 5.09. The van der Waals surface area contributed by atoms with Crippen molar-refractivity contribution in [2.24, 2.45) is 9.98 Å². The third kappa shape index (κ3) is 3.31. The van der Waals surface area contributed by atoms with Crippen LogP contribution in [0.25, 0.3) is 0 Å². The number of allylic oxidation sites excluding steroid dienone is 1. The van der Waals surface area contributed by atoms with Crippen molar-refractivity contribution < 1.29 is 9.53 Å². The molecular weight excluding hydrogens is 192 g/mol. The van der Waals surface area contributed by atoms with E-state index in [1.807, 2.05) is 13.8 Å². The van der Waals surface area contributed by atoms with Gasteiger partial charge in [0, 0.05) is 0 Å². The highest BCUT2D eigenvalue weighted by molar-refractivity contribution is 6.01. The minimum absolute atomic E-state index is 0.265. The molecule has 1 aliphatic rings. The zero-order chi connectivity index (χ0) is 11.1. The number of rotatable bonds is 5. The fraction of sp³-hybridized carbons (Fsp3) is 0.545. The van der Waals surface area contributed by atoms with Crippen molar-refractivity contribution in [2.75, 3.05) is 6.61 Å². The van der Waals surface area contributed by atoms with Crippen LogP contribution in [0.4, 0.5) is 0 Å². The second-order valence-corrected chi connectivity index (χ2v) is 3.27. The van der Waals surface area contributed by atoms with E-state index in [0.29, 0.717) is 24.3 Å². The number of hydrogen-bond donors (Lipinski definition) is 0. The van der Waals surface area contributed by atoms with Crippen molar-refractivity contribution in [1.82, 2.24) is 0 Å². The number of esters is 1. The molecule has 0 aromatic carbocycles. The molecule has 0 radical (unpaired) electrons. The van der Waals surface area contributed by atoms with Gasteiger partial charge < -0.3 is 4.74 Å². The number of carbonyl (C=O) groups is 1. The van der Waals surface area contributed by atoms with Gasteiger partial charge in [-0.15, -0.1) is 0 Å². The van der Waals surface area contributed by atoms with Gasteiger partial charge in [-0.2, -0.15) is 0 Å². The third-order valence-corrected chi connectivity index (χ3v) is 1.95. The Balaban J connectivity index is 2.74. The maximum atomic E-state index is 11.7. The lowest BCUT2D eigenvalue weighted by atomic mass is 10.1. The molecule has 4 nitrogen and oxygen atoms in total. The van der Waals surface area contributed by atoms with Crippen LogP contribution in [0, 0.1) is 0 Å². The highest BCUT2D eigenvalue weighted by Gasteiger charge is 2.15. The van der Waals surface area contributed by atoms with Gasteiger partial charge >= 0.3 is 5.97 Å². The molecule has 4 heteroatoms. The van der Waals surface area contributed by atoms with Crippen LogP contribution in [0.1, 0.15) is 33.1 Å². The van der Waals surface area contributed by atoms with Gasteiger partial charge in [-0.1, -0.05) is 20.3 Å². The molecular formula is C11H16N2O2.